The van der Waals surface area contributed by atoms with Gasteiger partial charge in [-0.2, -0.15) is 0 Å². The van der Waals surface area contributed by atoms with Crippen molar-refractivity contribution in [3.05, 3.63) is 41.8 Å². The number of carbonyl (C=O) groups is 1. The van der Waals surface area contributed by atoms with E-state index in [2.05, 4.69) is 9.71 Å². The molecule has 8 nitrogen and oxygen atoms in total. The number of carbonyl (C=O) groups excluding carboxylic acids is 1. The maximum absolute atomic E-state index is 11.2. The van der Waals surface area contributed by atoms with Gasteiger partial charge in [0, 0.05) is 12.0 Å². The quantitative estimate of drug-likeness (QED) is 0.318. The van der Waals surface area contributed by atoms with Crippen LogP contribution in [-0.2, 0) is 14.8 Å². The molecule has 1 aliphatic rings. The van der Waals surface area contributed by atoms with E-state index in [1.165, 1.54) is 0 Å². The van der Waals surface area contributed by atoms with Gasteiger partial charge in [0.05, 0.1) is 27.3 Å². The maximum Gasteiger partial charge on any atom is 0.242 e. The topological polar surface area (TPSA) is 118 Å². The van der Waals surface area contributed by atoms with Gasteiger partial charge in [0.15, 0.2) is 5.78 Å². The number of benzene rings is 1. The number of ether oxygens (including phenoxy) is 1. The van der Waals surface area contributed by atoms with Crippen molar-refractivity contribution in [2.24, 2.45) is 11.3 Å². The van der Waals surface area contributed by atoms with E-state index in [1.807, 2.05) is 90.2 Å². The fraction of sp³-hybridized carbons (Fsp3) is 0.567. The average Bonchev–Trinajstić information content (AvgIpc) is 3.58. The van der Waals surface area contributed by atoms with Crippen LogP contribution in [0.5, 0.6) is 5.88 Å². The molecule has 1 atom stereocenters. The Hall–Kier alpha value is -2.40. The van der Waals surface area contributed by atoms with Gasteiger partial charge in [-0.3, -0.25) is 4.79 Å². The number of fused-ring (bicyclic) bond motifs is 1. The van der Waals surface area contributed by atoms with Crippen molar-refractivity contribution >= 4 is 38.2 Å². The molecule has 3 aromatic rings. The van der Waals surface area contributed by atoms with E-state index < -0.39 is 16.1 Å². The first-order chi connectivity index (χ1) is 18.5. The van der Waals surface area contributed by atoms with Crippen LogP contribution in [0.3, 0.4) is 0 Å². The lowest BCUT2D eigenvalue weighted by Crippen LogP contribution is -2.36. The second kappa shape index (κ2) is 14.5. The molecule has 4 rings (SSSR count). The molecule has 10 heteroatoms. The van der Waals surface area contributed by atoms with Crippen LogP contribution in [0.4, 0.5) is 0 Å². The third kappa shape index (κ3) is 10.5. The Balaban J connectivity index is 0.000000229. The van der Waals surface area contributed by atoms with Crippen LogP contribution in [0, 0.1) is 11.3 Å². The molecule has 40 heavy (non-hydrogen) atoms. The Morgan fingerprint density at radius 3 is 1.98 bits per heavy atom. The zero-order chi connectivity index (χ0) is 30.3. The van der Waals surface area contributed by atoms with Crippen LogP contribution in [0.25, 0.3) is 21.6 Å². The van der Waals surface area contributed by atoms with Gasteiger partial charge in [-0.25, -0.2) is 23.1 Å². The molecule has 0 amide bonds. The van der Waals surface area contributed by atoms with E-state index in [-0.39, 0.29) is 34.5 Å². The number of sulfonamides is 1. The summed E-state index contributed by atoms with van der Waals surface area (Å²) < 4.78 is 30.5. The van der Waals surface area contributed by atoms with Gasteiger partial charge >= 0.3 is 0 Å². The summed E-state index contributed by atoms with van der Waals surface area (Å²) in [6.07, 6.45) is 0.918. The molecule has 1 fully saturated rings. The second-order valence-corrected chi connectivity index (χ2v) is 14.8. The first-order valence-corrected chi connectivity index (χ1v) is 16.2. The molecular weight excluding hydrogens is 546 g/mol. The van der Waals surface area contributed by atoms with Crippen molar-refractivity contribution in [2.45, 2.75) is 98.7 Å². The summed E-state index contributed by atoms with van der Waals surface area (Å²) in [5.41, 5.74) is 2.24. The summed E-state index contributed by atoms with van der Waals surface area (Å²) in [4.78, 5) is 21.6. The molecule has 222 valence electrons. The number of hydrogen-bond acceptors (Lipinski definition) is 8. The maximum atomic E-state index is 11.2. The Kier molecular flexibility index (Phi) is 12.2. The monoisotopic (exact) mass is 591 g/mol. The van der Waals surface area contributed by atoms with Crippen molar-refractivity contribution in [3.63, 3.8) is 0 Å². The van der Waals surface area contributed by atoms with E-state index in [9.17, 15) is 18.3 Å². The van der Waals surface area contributed by atoms with Crippen molar-refractivity contribution in [3.8, 4) is 16.5 Å². The van der Waals surface area contributed by atoms with Crippen LogP contribution in [0.2, 0.25) is 0 Å². The second-order valence-electron chi connectivity index (χ2n) is 11.9. The number of ketones is 1. The number of rotatable bonds is 8. The van der Waals surface area contributed by atoms with E-state index in [1.54, 1.807) is 25.2 Å². The van der Waals surface area contributed by atoms with Crippen LogP contribution >= 0.6 is 11.3 Å². The fourth-order valence-electron chi connectivity index (χ4n) is 3.41. The smallest absolute Gasteiger partial charge is 0.242 e. The molecule has 0 aliphatic heterocycles. The molecule has 1 aromatic carbocycles. The standard InChI is InChI=1S/C15H14N2OS.C9H18O2.C6H13NO2S/c1-10(2)18-15-14(13-8-5-9-19-13)16-11-6-3-4-7-12(11)17-15;1-6(2)7(10)8(11)9(3,4)5;1-5(2)7-10(8,9)6-3-4-6/h3-10H,1-2H3;6,8,11H,1-5H3;5-7H,3-4H2,1-2H3/t;8-;/m.1./s1. The number of thiophene rings is 1. The molecule has 1 aliphatic carbocycles. The van der Waals surface area contributed by atoms with Gasteiger partial charge < -0.3 is 9.84 Å². The van der Waals surface area contributed by atoms with Crippen molar-refractivity contribution < 1.29 is 23.1 Å². The lowest BCUT2D eigenvalue weighted by atomic mass is 9.83. The van der Waals surface area contributed by atoms with Gasteiger partial charge in [-0.15, -0.1) is 11.3 Å². The number of aliphatic hydroxyl groups is 1. The Morgan fingerprint density at radius 2 is 1.57 bits per heavy atom. The molecular formula is C30H45N3O5S2. The normalized spacial score (nSPS) is 14.4. The van der Waals surface area contributed by atoms with Crippen LogP contribution in [0.15, 0.2) is 41.8 Å². The number of aliphatic hydroxyl groups excluding tert-OH is 1. The summed E-state index contributed by atoms with van der Waals surface area (Å²) in [6.45, 7) is 16.8. The van der Waals surface area contributed by atoms with Crippen molar-refractivity contribution in [1.82, 2.24) is 14.7 Å². The fourth-order valence-corrected chi connectivity index (χ4v) is 5.72. The number of para-hydroxylation sites is 2. The van der Waals surface area contributed by atoms with Gasteiger partial charge in [0.2, 0.25) is 15.9 Å². The van der Waals surface area contributed by atoms with E-state index in [0.29, 0.717) is 5.88 Å². The van der Waals surface area contributed by atoms with Crippen molar-refractivity contribution in [2.75, 3.05) is 0 Å². The predicted octanol–water partition coefficient (Wildman–Crippen LogP) is 6.24. The highest BCUT2D eigenvalue weighted by atomic mass is 32.2. The minimum atomic E-state index is -2.94. The van der Waals surface area contributed by atoms with Crippen LogP contribution in [0.1, 0.15) is 75.2 Å². The summed E-state index contributed by atoms with van der Waals surface area (Å²) in [5.74, 6) is 0.456. The first-order valence-electron chi connectivity index (χ1n) is 13.7. The highest BCUT2D eigenvalue weighted by molar-refractivity contribution is 7.90. The predicted molar refractivity (Wildman–Crippen MR) is 164 cm³/mol. The van der Waals surface area contributed by atoms with Gasteiger partial charge in [-0.1, -0.05) is 52.8 Å². The molecule has 0 unspecified atom stereocenters. The van der Waals surface area contributed by atoms with Crippen LogP contribution < -0.4 is 9.46 Å². The Labute approximate surface area is 243 Å². The number of nitrogens with zero attached hydrogens (tertiary/aromatic N) is 2. The average molecular weight is 592 g/mol. The lowest BCUT2D eigenvalue weighted by molar-refractivity contribution is -0.135. The van der Waals surface area contributed by atoms with Crippen molar-refractivity contribution in [1.29, 1.82) is 0 Å². The van der Waals surface area contributed by atoms with Crippen LogP contribution in [-0.4, -0.2) is 52.8 Å². The first kappa shape index (κ1) is 33.8. The third-order valence-electron chi connectivity index (χ3n) is 5.66. The highest BCUT2D eigenvalue weighted by Crippen LogP contribution is 2.32. The van der Waals surface area contributed by atoms with Gasteiger partial charge in [0.25, 0.3) is 0 Å². The number of hydrogen-bond donors (Lipinski definition) is 2. The molecule has 0 saturated heterocycles. The van der Waals surface area contributed by atoms with E-state index >= 15 is 0 Å². The lowest BCUT2D eigenvalue weighted by Gasteiger charge is -2.25. The molecule has 0 spiro atoms. The SMILES string of the molecule is CC(C)C(=O)[C@@H](O)C(C)(C)C.CC(C)NS(=O)(=O)C1CC1.CC(C)Oc1nc2ccccc2nc1-c1cccs1. The minimum absolute atomic E-state index is 0.0330. The third-order valence-corrected chi connectivity index (χ3v) is 8.69. The zero-order valence-electron chi connectivity index (χ0n) is 25.1. The summed E-state index contributed by atoms with van der Waals surface area (Å²) >= 11 is 1.64. The van der Waals surface area contributed by atoms with E-state index in [4.69, 9.17) is 9.72 Å². The number of Topliss-reactive ketones (excluding diaryl/α,β-unsaturated/α-hetero) is 1. The largest absolute Gasteiger partial charge is 0.473 e. The molecule has 2 N–H and O–H groups in total. The molecule has 0 radical (unpaired) electrons. The molecule has 0 bridgehead atoms. The number of nitrogens with one attached hydrogen (secondary N) is 1. The van der Waals surface area contributed by atoms with E-state index in [0.717, 1.165) is 34.4 Å². The zero-order valence-corrected chi connectivity index (χ0v) is 26.8. The summed E-state index contributed by atoms with van der Waals surface area (Å²) in [7, 11) is -2.94. The minimum Gasteiger partial charge on any atom is -0.473 e. The molecule has 2 heterocycles. The molecule has 2 aromatic heterocycles. The van der Waals surface area contributed by atoms with Gasteiger partial charge in [0.1, 0.15) is 11.8 Å². The number of aromatic nitrogens is 2. The summed E-state index contributed by atoms with van der Waals surface area (Å²) in [5, 5.41) is 11.4. The summed E-state index contributed by atoms with van der Waals surface area (Å²) in [6, 6.07) is 11.9. The molecule has 1 saturated carbocycles. The highest BCUT2D eigenvalue weighted by Gasteiger charge is 2.35. The Bertz CT molecular complexity index is 1330. The Morgan fingerprint density at radius 1 is 1.00 bits per heavy atom. The van der Waals surface area contributed by atoms with Gasteiger partial charge in [-0.05, 0) is 69.5 Å².